The lowest BCUT2D eigenvalue weighted by molar-refractivity contribution is -0.275. The molecule has 0 atom stereocenters. The highest BCUT2D eigenvalue weighted by atomic mass is 19.4. The molecule has 0 saturated heterocycles. The number of carboxylic acids is 1. The van der Waals surface area contributed by atoms with E-state index in [0.717, 1.165) is 0 Å². The molecular weight excluding hydrogens is 281 g/mol. The zero-order valence-electron chi connectivity index (χ0n) is 8.92. The number of rotatable bonds is 4. The molecule has 0 aromatic carbocycles. The Bertz CT molecular complexity index is 536. The maximum atomic E-state index is 12.7. The largest absolute Gasteiger partial charge is 0.573 e. The molecule has 1 aromatic heterocycles. The van der Waals surface area contributed by atoms with Crippen molar-refractivity contribution in [1.82, 2.24) is 4.98 Å². The molecule has 0 unspecified atom stereocenters. The lowest BCUT2D eigenvalue weighted by Gasteiger charge is -2.14. The first-order valence-corrected chi connectivity index (χ1v) is 4.62. The highest BCUT2D eigenvalue weighted by Crippen LogP contribution is 2.33. The van der Waals surface area contributed by atoms with Crippen LogP contribution in [-0.2, 0) is 11.2 Å². The van der Waals surface area contributed by atoms with E-state index in [-0.39, 0.29) is 0 Å². The Morgan fingerprint density at radius 1 is 1.42 bits per heavy atom. The maximum absolute atomic E-state index is 12.7. The van der Waals surface area contributed by atoms with Crippen LogP contribution in [0.25, 0.3) is 0 Å². The summed E-state index contributed by atoms with van der Waals surface area (Å²) in [6.45, 7) is 0. The van der Waals surface area contributed by atoms with Crippen LogP contribution in [0.5, 0.6) is 5.75 Å². The zero-order chi connectivity index (χ0) is 14.8. The van der Waals surface area contributed by atoms with E-state index in [4.69, 9.17) is 5.11 Å². The number of ether oxygens (including phenoxy) is 1. The van der Waals surface area contributed by atoms with Crippen LogP contribution >= 0.6 is 0 Å². The van der Waals surface area contributed by atoms with Gasteiger partial charge in [-0.2, -0.15) is 0 Å². The van der Waals surface area contributed by atoms with E-state index < -0.39 is 47.6 Å². The number of aromatic nitrogens is 1. The molecule has 0 aliphatic heterocycles. The van der Waals surface area contributed by atoms with Gasteiger partial charge in [0.2, 0.25) is 0 Å². The van der Waals surface area contributed by atoms with E-state index in [1.807, 2.05) is 0 Å². The smallest absolute Gasteiger partial charge is 0.481 e. The Kier molecular flexibility index (Phi) is 4.12. The first-order chi connectivity index (χ1) is 8.61. The molecule has 0 fully saturated rings. The molecule has 1 rings (SSSR count). The fourth-order valence-electron chi connectivity index (χ4n) is 1.34. The molecule has 0 amide bonds. The van der Waals surface area contributed by atoms with Gasteiger partial charge in [-0.15, -0.1) is 13.2 Å². The van der Waals surface area contributed by atoms with E-state index >= 15 is 0 Å². The number of hydrogen-bond donors (Lipinski definition) is 2. The first kappa shape index (κ1) is 14.9. The van der Waals surface area contributed by atoms with E-state index in [1.54, 1.807) is 4.98 Å². The molecular formula is C9H6F5NO4. The van der Waals surface area contributed by atoms with Crippen molar-refractivity contribution in [2.45, 2.75) is 19.2 Å². The first-order valence-electron chi connectivity index (χ1n) is 4.62. The normalized spacial score (nSPS) is 11.7. The number of nitrogens with one attached hydrogen (secondary N) is 1. The second-order valence-corrected chi connectivity index (χ2v) is 3.29. The molecule has 0 radical (unpaired) electrons. The van der Waals surface area contributed by atoms with Crippen molar-refractivity contribution in [1.29, 1.82) is 0 Å². The van der Waals surface area contributed by atoms with Gasteiger partial charge < -0.3 is 14.8 Å². The van der Waals surface area contributed by atoms with E-state index in [9.17, 15) is 31.5 Å². The van der Waals surface area contributed by atoms with Crippen molar-refractivity contribution in [3.63, 3.8) is 0 Å². The number of halogens is 5. The second kappa shape index (κ2) is 5.24. The fraction of sp³-hybridized carbons (Fsp3) is 0.333. The Labute approximate surface area is 101 Å². The summed E-state index contributed by atoms with van der Waals surface area (Å²) in [6.07, 6.45) is -9.58. The van der Waals surface area contributed by atoms with Crippen LogP contribution in [0.4, 0.5) is 22.0 Å². The minimum atomic E-state index is -5.25. The van der Waals surface area contributed by atoms with Gasteiger partial charge in [0.1, 0.15) is 0 Å². The maximum Gasteiger partial charge on any atom is 0.573 e. The van der Waals surface area contributed by atoms with Gasteiger partial charge in [-0.05, 0) is 0 Å². The van der Waals surface area contributed by atoms with Crippen LogP contribution in [-0.4, -0.2) is 22.4 Å². The van der Waals surface area contributed by atoms with Gasteiger partial charge in [0.15, 0.2) is 5.75 Å². The minimum absolute atomic E-state index is 0.308. The summed E-state index contributed by atoms with van der Waals surface area (Å²) in [7, 11) is 0. The number of alkyl halides is 5. The van der Waals surface area contributed by atoms with Crippen LogP contribution < -0.4 is 10.3 Å². The number of carboxylic acid groups (broad SMARTS) is 1. The molecule has 106 valence electrons. The second-order valence-electron chi connectivity index (χ2n) is 3.29. The third-order valence-corrected chi connectivity index (χ3v) is 1.97. The number of aliphatic carboxylic acids is 1. The number of carbonyl (C=O) groups is 1. The fourth-order valence-corrected chi connectivity index (χ4v) is 1.34. The Morgan fingerprint density at radius 2 is 2.00 bits per heavy atom. The van der Waals surface area contributed by atoms with Crippen molar-refractivity contribution >= 4 is 5.97 Å². The Morgan fingerprint density at radius 3 is 2.42 bits per heavy atom. The minimum Gasteiger partial charge on any atom is -0.481 e. The van der Waals surface area contributed by atoms with Crippen molar-refractivity contribution < 1.29 is 36.6 Å². The summed E-state index contributed by atoms with van der Waals surface area (Å²) < 4.78 is 64.7. The van der Waals surface area contributed by atoms with Crippen LogP contribution in [0.3, 0.4) is 0 Å². The molecule has 0 aliphatic rings. The van der Waals surface area contributed by atoms with Gasteiger partial charge in [-0.1, -0.05) is 0 Å². The van der Waals surface area contributed by atoms with Crippen molar-refractivity contribution in [3.05, 3.63) is 27.7 Å². The number of H-pyrrole nitrogens is 1. The summed E-state index contributed by atoms with van der Waals surface area (Å²) in [5.41, 5.74) is -3.58. The van der Waals surface area contributed by atoms with E-state index in [0.29, 0.717) is 6.20 Å². The number of aromatic amines is 1. The molecule has 0 aliphatic carbocycles. The summed E-state index contributed by atoms with van der Waals surface area (Å²) in [5.74, 6) is -2.98. The van der Waals surface area contributed by atoms with Gasteiger partial charge in [0.05, 0.1) is 12.0 Å². The molecule has 19 heavy (non-hydrogen) atoms. The van der Waals surface area contributed by atoms with Gasteiger partial charge in [-0.3, -0.25) is 9.59 Å². The van der Waals surface area contributed by atoms with Crippen LogP contribution in [0, 0.1) is 0 Å². The average molecular weight is 287 g/mol. The molecule has 0 saturated carbocycles. The summed E-state index contributed by atoms with van der Waals surface area (Å²) in [4.78, 5) is 23.4. The van der Waals surface area contributed by atoms with E-state index in [2.05, 4.69) is 4.74 Å². The van der Waals surface area contributed by atoms with Crippen LogP contribution in [0.2, 0.25) is 0 Å². The topological polar surface area (TPSA) is 79.4 Å². The molecule has 0 bridgehead atoms. The predicted molar refractivity (Wildman–Crippen MR) is 50.0 cm³/mol. The summed E-state index contributed by atoms with van der Waals surface area (Å²) >= 11 is 0. The average Bonchev–Trinajstić information content (AvgIpc) is 2.19. The molecule has 10 heteroatoms. The number of hydrogen-bond acceptors (Lipinski definition) is 3. The third kappa shape index (κ3) is 3.93. The SMILES string of the molecule is O=C(O)Cc1c(C(F)F)c(OC(F)(F)F)c[nH]c1=O. The molecule has 2 N–H and O–H groups in total. The number of pyridine rings is 1. The van der Waals surface area contributed by atoms with Crippen LogP contribution in [0.1, 0.15) is 17.6 Å². The Balaban J connectivity index is 3.41. The lowest BCUT2D eigenvalue weighted by Crippen LogP contribution is -2.24. The molecule has 5 nitrogen and oxygen atoms in total. The van der Waals surface area contributed by atoms with Crippen molar-refractivity contribution in [3.8, 4) is 5.75 Å². The van der Waals surface area contributed by atoms with Gasteiger partial charge in [0.25, 0.3) is 12.0 Å². The molecule has 0 spiro atoms. The highest BCUT2D eigenvalue weighted by molar-refractivity contribution is 5.71. The van der Waals surface area contributed by atoms with Gasteiger partial charge in [-0.25, -0.2) is 8.78 Å². The molecule has 1 aromatic rings. The highest BCUT2D eigenvalue weighted by Gasteiger charge is 2.35. The predicted octanol–water partition coefficient (Wildman–Crippen LogP) is 1.84. The van der Waals surface area contributed by atoms with Crippen molar-refractivity contribution in [2.24, 2.45) is 0 Å². The van der Waals surface area contributed by atoms with Crippen molar-refractivity contribution in [2.75, 3.05) is 0 Å². The van der Waals surface area contributed by atoms with Gasteiger partial charge >= 0.3 is 12.3 Å². The van der Waals surface area contributed by atoms with Crippen LogP contribution in [0.15, 0.2) is 11.0 Å². The standard InChI is InChI=1S/C9H6F5NO4/c10-7(11)6-3(1-5(16)17)8(18)15-2-4(6)19-9(12,13)14/h2,7H,1H2,(H,15,18)(H,16,17). The third-order valence-electron chi connectivity index (χ3n) is 1.97. The summed E-state index contributed by atoms with van der Waals surface area (Å²) in [6, 6.07) is 0. The Hall–Kier alpha value is -2.13. The molecule has 1 heterocycles. The quantitative estimate of drug-likeness (QED) is 0.828. The van der Waals surface area contributed by atoms with E-state index in [1.165, 1.54) is 0 Å². The van der Waals surface area contributed by atoms with Gasteiger partial charge in [0, 0.05) is 11.8 Å². The summed E-state index contributed by atoms with van der Waals surface area (Å²) in [5, 5.41) is 8.46. The lowest BCUT2D eigenvalue weighted by atomic mass is 10.1. The monoisotopic (exact) mass is 287 g/mol. The zero-order valence-corrected chi connectivity index (χ0v) is 8.92.